The molecular weight excluding hydrogens is 425 g/mol. The van der Waals surface area contributed by atoms with Crippen molar-refractivity contribution in [2.45, 2.75) is 63.6 Å². The number of hydrogen-bond acceptors (Lipinski definition) is 5. The molecule has 1 saturated heterocycles. The fraction of sp³-hybridized carbons (Fsp3) is 0.542. The van der Waals surface area contributed by atoms with Gasteiger partial charge in [-0.2, -0.15) is 0 Å². The Hall–Kier alpha value is -2.19. The van der Waals surface area contributed by atoms with Crippen molar-refractivity contribution in [1.29, 1.82) is 0 Å². The molecule has 1 fully saturated rings. The molecule has 1 aliphatic heterocycles. The number of carbonyl (C=O) groups is 1. The van der Waals surface area contributed by atoms with Crippen LogP contribution in [-0.2, 0) is 4.79 Å². The second kappa shape index (κ2) is 10.6. The predicted octanol–water partition coefficient (Wildman–Crippen LogP) is 4.96. The zero-order valence-corrected chi connectivity index (χ0v) is 19.8. The molecule has 32 heavy (non-hydrogen) atoms. The van der Waals surface area contributed by atoms with Crippen LogP contribution in [0.5, 0.6) is 0 Å². The van der Waals surface area contributed by atoms with Gasteiger partial charge in [-0.3, -0.25) is 14.3 Å². The van der Waals surface area contributed by atoms with Crippen LogP contribution in [0, 0.1) is 5.82 Å². The third kappa shape index (κ3) is 5.07. The highest BCUT2D eigenvalue weighted by Crippen LogP contribution is 2.30. The van der Waals surface area contributed by atoms with Crippen molar-refractivity contribution in [3.05, 3.63) is 47.7 Å². The lowest BCUT2D eigenvalue weighted by Gasteiger charge is -2.31. The van der Waals surface area contributed by atoms with Gasteiger partial charge in [-0.1, -0.05) is 24.3 Å². The molecule has 0 bridgehead atoms. The predicted molar refractivity (Wildman–Crippen MR) is 125 cm³/mol. The highest BCUT2D eigenvalue weighted by molar-refractivity contribution is 7.99. The number of thioether (sulfide) groups is 1. The molecule has 172 valence electrons. The summed E-state index contributed by atoms with van der Waals surface area (Å²) < 4.78 is 15.6. The van der Waals surface area contributed by atoms with Crippen LogP contribution in [0.2, 0.25) is 0 Å². The Balaban J connectivity index is 1.57. The molecule has 1 unspecified atom stereocenters. The van der Waals surface area contributed by atoms with Gasteiger partial charge in [0.25, 0.3) is 0 Å². The highest BCUT2D eigenvalue weighted by atomic mass is 32.2. The molecule has 2 heterocycles. The van der Waals surface area contributed by atoms with Gasteiger partial charge in [0.1, 0.15) is 5.82 Å². The molecular formula is C24H32FN5OS. The number of benzene rings is 1. The minimum atomic E-state index is -0.278. The third-order valence-corrected chi connectivity index (χ3v) is 7.27. The van der Waals surface area contributed by atoms with Crippen LogP contribution in [0.15, 0.2) is 41.2 Å². The van der Waals surface area contributed by atoms with Gasteiger partial charge in [-0.05, 0) is 83.3 Å². The first-order valence-corrected chi connectivity index (χ1v) is 12.6. The number of allylic oxidation sites excluding steroid dienone is 2. The van der Waals surface area contributed by atoms with Gasteiger partial charge in [0.15, 0.2) is 11.0 Å². The van der Waals surface area contributed by atoms with E-state index in [-0.39, 0.29) is 17.8 Å². The minimum Gasteiger partial charge on any atom is -0.316 e. The molecule has 2 aliphatic rings. The monoisotopic (exact) mass is 457 g/mol. The molecule has 0 spiro atoms. The molecule has 2 aromatic rings. The fourth-order valence-electron chi connectivity index (χ4n) is 4.59. The van der Waals surface area contributed by atoms with Crippen molar-refractivity contribution < 1.29 is 9.18 Å². The first kappa shape index (κ1) is 23.0. The maximum atomic E-state index is 13.6. The van der Waals surface area contributed by atoms with Gasteiger partial charge in [-0.15, -0.1) is 10.2 Å². The van der Waals surface area contributed by atoms with Crippen LogP contribution in [0.4, 0.5) is 4.39 Å². The molecule has 1 aromatic carbocycles. The molecule has 0 radical (unpaired) electrons. The Morgan fingerprint density at radius 3 is 2.56 bits per heavy atom. The van der Waals surface area contributed by atoms with E-state index in [0.717, 1.165) is 49.6 Å². The number of piperidine rings is 1. The molecule has 0 saturated carbocycles. The number of amides is 1. The Morgan fingerprint density at radius 1 is 1.16 bits per heavy atom. The number of carbonyl (C=O) groups excluding carboxylic acids is 1. The summed E-state index contributed by atoms with van der Waals surface area (Å²) in [6.45, 7) is 6.92. The summed E-state index contributed by atoms with van der Waals surface area (Å²) in [5.74, 6) is 0.937. The third-order valence-electron chi connectivity index (χ3n) is 6.36. The standard InChI is InChI=1S/C24H32FN5OS/c1-3-29(20-9-5-6-10-20)22(31)17-32-24-27-26-23(18(2)28-15-7-4-8-16-28)30(24)21-13-11-19(25)12-14-21/h9,11-14,18H,3-8,10,15-17H2,1-2H3. The molecule has 1 aromatic heterocycles. The number of nitrogens with zero attached hydrogens (tertiary/aromatic N) is 5. The number of aromatic nitrogens is 3. The number of rotatable bonds is 8. The molecule has 4 rings (SSSR count). The molecule has 1 amide bonds. The van der Waals surface area contributed by atoms with Gasteiger partial charge in [0.05, 0.1) is 11.8 Å². The van der Waals surface area contributed by atoms with Crippen molar-refractivity contribution >= 4 is 17.7 Å². The number of halogens is 1. The van der Waals surface area contributed by atoms with Crippen molar-refractivity contribution in [3.8, 4) is 5.69 Å². The van der Waals surface area contributed by atoms with Gasteiger partial charge in [-0.25, -0.2) is 4.39 Å². The van der Waals surface area contributed by atoms with Crippen molar-refractivity contribution in [1.82, 2.24) is 24.6 Å². The largest absolute Gasteiger partial charge is 0.316 e. The van der Waals surface area contributed by atoms with E-state index >= 15 is 0 Å². The molecule has 8 heteroatoms. The van der Waals surface area contributed by atoms with Crippen LogP contribution in [0.1, 0.15) is 64.2 Å². The summed E-state index contributed by atoms with van der Waals surface area (Å²) in [6, 6.07) is 6.50. The second-order valence-electron chi connectivity index (χ2n) is 8.44. The Kier molecular flexibility index (Phi) is 7.63. The van der Waals surface area contributed by atoms with Gasteiger partial charge in [0.2, 0.25) is 5.91 Å². The van der Waals surface area contributed by atoms with Gasteiger partial charge < -0.3 is 4.90 Å². The Labute approximate surface area is 193 Å². The van der Waals surface area contributed by atoms with Crippen molar-refractivity contribution in [2.24, 2.45) is 0 Å². The highest BCUT2D eigenvalue weighted by Gasteiger charge is 2.26. The lowest BCUT2D eigenvalue weighted by atomic mass is 10.1. The summed E-state index contributed by atoms with van der Waals surface area (Å²) in [6.07, 6.45) is 8.94. The topological polar surface area (TPSA) is 54.3 Å². The molecule has 0 N–H and O–H groups in total. The quantitative estimate of drug-likeness (QED) is 0.525. The summed E-state index contributed by atoms with van der Waals surface area (Å²) in [5, 5.41) is 9.65. The maximum absolute atomic E-state index is 13.6. The maximum Gasteiger partial charge on any atom is 0.237 e. The Morgan fingerprint density at radius 2 is 1.91 bits per heavy atom. The first-order chi connectivity index (χ1) is 15.6. The van der Waals surface area contributed by atoms with E-state index in [1.807, 2.05) is 16.4 Å². The van der Waals surface area contributed by atoms with E-state index in [9.17, 15) is 9.18 Å². The van der Waals surface area contributed by atoms with E-state index in [0.29, 0.717) is 17.5 Å². The summed E-state index contributed by atoms with van der Waals surface area (Å²) in [7, 11) is 0. The van der Waals surface area contributed by atoms with Crippen LogP contribution in [0.3, 0.4) is 0 Å². The van der Waals surface area contributed by atoms with Crippen molar-refractivity contribution in [3.63, 3.8) is 0 Å². The minimum absolute atomic E-state index is 0.0879. The van der Waals surface area contributed by atoms with Crippen LogP contribution in [0.25, 0.3) is 5.69 Å². The summed E-state index contributed by atoms with van der Waals surface area (Å²) in [4.78, 5) is 17.3. The molecule has 6 nitrogen and oxygen atoms in total. The first-order valence-electron chi connectivity index (χ1n) is 11.7. The summed E-state index contributed by atoms with van der Waals surface area (Å²) >= 11 is 1.40. The summed E-state index contributed by atoms with van der Waals surface area (Å²) in [5.41, 5.74) is 1.95. The Bertz CT molecular complexity index is 952. The van der Waals surface area contributed by atoms with Crippen molar-refractivity contribution in [2.75, 3.05) is 25.4 Å². The zero-order chi connectivity index (χ0) is 22.5. The zero-order valence-electron chi connectivity index (χ0n) is 19.0. The van der Waals surface area contributed by atoms with Gasteiger partial charge in [0, 0.05) is 17.9 Å². The smallest absolute Gasteiger partial charge is 0.237 e. The SMILES string of the molecule is CCN(C(=O)CSc1nnc(C(C)N2CCCCC2)n1-c1ccc(F)cc1)C1=CCCC1. The molecule has 1 aliphatic carbocycles. The van der Waals surface area contributed by atoms with E-state index in [4.69, 9.17) is 0 Å². The lowest BCUT2D eigenvalue weighted by Crippen LogP contribution is -2.33. The molecule has 1 atom stereocenters. The van der Waals surface area contributed by atoms with E-state index in [2.05, 4.69) is 28.1 Å². The van der Waals surface area contributed by atoms with E-state index in [1.54, 1.807) is 12.1 Å². The normalized spacial score (nSPS) is 17.9. The van der Waals surface area contributed by atoms with E-state index in [1.165, 1.54) is 43.2 Å². The number of likely N-dealkylation sites (tertiary alicyclic amines) is 1. The fourth-order valence-corrected chi connectivity index (χ4v) is 5.42. The van der Waals surface area contributed by atoms with Crippen LogP contribution in [-0.4, -0.2) is 55.9 Å². The average molecular weight is 458 g/mol. The lowest BCUT2D eigenvalue weighted by molar-refractivity contribution is -0.126. The second-order valence-corrected chi connectivity index (χ2v) is 9.38. The van der Waals surface area contributed by atoms with Crippen LogP contribution >= 0.6 is 11.8 Å². The number of hydrogen-bond donors (Lipinski definition) is 0. The van der Waals surface area contributed by atoms with Crippen LogP contribution < -0.4 is 0 Å². The van der Waals surface area contributed by atoms with Gasteiger partial charge >= 0.3 is 0 Å². The average Bonchev–Trinajstić information content (AvgIpc) is 3.49. The van der Waals surface area contributed by atoms with E-state index < -0.39 is 0 Å².